The number of nitrogens with zero attached hydrogens (tertiary/aromatic N) is 6. The highest BCUT2D eigenvalue weighted by atomic mass is 16.5. The second kappa shape index (κ2) is 7.99. The molecule has 3 aromatic heterocycles. The average Bonchev–Trinajstić information content (AvgIpc) is 3.14. The molecule has 1 amide bonds. The second-order valence-electron chi connectivity index (χ2n) is 7.02. The van der Waals surface area contributed by atoms with Crippen molar-refractivity contribution in [3.8, 4) is 11.4 Å². The largest absolute Gasteiger partial charge is 0.381 e. The number of fused-ring (bicyclic) bond motifs is 1. The van der Waals surface area contributed by atoms with Crippen molar-refractivity contribution < 1.29 is 9.53 Å². The fourth-order valence-electron chi connectivity index (χ4n) is 3.40. The van der Waals surface area contributed by atoms with Crippen LogP contribution in [0.1, 0.15) is 12.8 Å². The monoisotopic (exact) mass is 381 g/mol. The van der Waals surface area contributed by atoms with Gasteiger partial charge in [-0.2, -0.15) is 0 Å². The summed E-state index contributed by atoms with van der Waals surface area (Å²) in [6.07, 6.45) is 7.48. The van der Waals surface area contributed by atoms with E-state index in [0.717, 1.165) is 42.4 Å². The summed E-state index contributed by atoms with van der Waals surface area (Å²) in [5.41, 5.74) is 1.43. The molecule has 1 aliphatic rings. The van der Waals surface area contributed by atoms with Gasteiger partial charge in [-0.15, -0.1) is 5.10 Å². The molecule has 1 N–H and O–H groups in total. The van der Waals surface area contributed by atoms with E-state index in [1.807, 2.05) is 25.4 Å². The van der Waals surface area contributed by atoms with Crippen LogP contribution in [0.5, 0.6) is 0 Å². The third-order valence-electron chi connectivity index (χ3n) is 4.97. The predicted octanol–water partition coefficient (Wildman–Crippen LogP) is 1.47. The van der Waals surface area contributed by atoms with Gasteiger partial charge in [0.2, 0.25) is 5.91 Å². The van der Waals surface area contributed by atoms with Crippen LogP contribution in [0.25, 0.3) is 22.2 Å². The van der Waals surface area contributed by atoms with Gasteiger partial charge in [0.25, 0.3) is 0 Å². The smallest absolute Gasteiger partial charge is 0.239 e. The fraction of sp³-hybridized carbons (Fsp3) is 0.421. The Morgan fingerprint density at radius 3 is 2.68 bits per heavy atom. The zero-order valence-electron chi connectivity index (χ0n) is 16.0. The van der Waals surface area contributed by atoms with Crippen LogP contribution in [0.2, 0.25) is 0 Å². The lowest BCUT2D eigenvalue weighted by atomic mass is 10.1. The number of hydrogen-bond donors (Lipinski definition) is 1. The molecule has 4 heterocycles. The van der Waals surface area contributed by atoms with Gasteiger partial charge in [-0.25, -0.2) is 4.98 Å². The number of hydrogen-bond acceptors (Lipinski definition) is 7. The van der Waals surface area contributed by atoms with Crippen LogP contribution < -0.4 is 5.32 Å². The Kier molecular flexibility index (Phi) is 5.27. The Morgan fingerprint density at radius 1 is 1.18 bits per heavy atom. The van der Waals surface area contributed by atoms with Gasteiger partial charge in [0.1, 0.15) is 11.5 Å². The molecular formula is C19H23N7O2. The van der Waals surface area contributed by atoms with Crippen LogP contribution in [0.15, 0.2) is 30.7 Å². The zero-order chi connectivity index (χ0) is 19.5. The number of aryl methyl sites for hydroxylation is 1. The number of rotatable bonds is 5. The summed E-state index contributed by atoms with van der Waals surface area (Å²) in [4.78, 5) is 23.3. The molecule has 4 rings (SSSR count). The number of aromatic nitrogens is 5. The van der Waals surface area contributed by atoms with E-state index in [9.17, 15) is 4.79 Å². The van der Waals surface area contributed by atoms with Crippen molar-refractivity contribution in [1.29, 1.82) is 0 Å². The van der Waals surface area contributed by atoms with Gasteiger partial charge in [0.15, 0.2) is 0 Å². The average molecular weight is 381 g/mol. The Morgan fingerprint density at radius 2 is 1.96 bits per heavy atom. The van der Waals surface area contributed by atoms with Crippen LogP contribution in [0.3, 0.4) is 0 Å². The van der Waals surface area contributed by atoms with Crippen molar-refractivity contribution in [2.24, 2.45) is 7.05 Å². The van der Waals surface area contributed by atoms with E-state index in [4.69, 9.17) is 4.74 Å². The highest BCUT2D eigenvalue weighted by Crippen LogP contribution is 2.21. The topological polar surface area (TPSA) is 98.1 Å². The lowest BCUT2D eigenvalue weighted by Crippen LogP contribution is -2.41. The summed E-state index contributed by atoms with van der Waals surface area (Å²) in [5.74, 6) is 0.464. The molecule has 9 heteroatoms. The molecule has 146 valence electrons. The maximum Gasteiger partial charge on any atom is 0.239 e. The first-order valence-corrected chi connectivity index (χ1v) is 9.28. The van der Waals surface area contributed by atoms with Gasteiger partial charge in [-0.05, 0) is 30.4 Å². The molecule has 0 atom stereocenters. The Bertz CT molecular complexity index is 979. The molecule has 0 bridgehead atoms. The highest BCUT2D eigenvalue weighted by molar-refractivity contribution is 5.94. The van der Waals surface area contributed by atoms with Gasteiger partial charge in [-0.3, -0.25) is 19.4 Å². The summed E-state index contributed by atoms with van der Waals surface area (Å²) in [6.45, 7) is 2.09. The van der Waals surface area contributed by atoms with Gasteiger partial charge in [0.05, 0.1) is 24.5 Å². The minimum Gasteiger partial charge on any atom is -0.381 e. The van der Waals surface area contributed by atoms with Crippen molar-refractivity contribution in [2.45, 2.75) is 18.9 Å². The van der Waals surface area contributed by atoms with E-state index in [0.29, 0.717) is 24.2 Å². The van der Waals surface area contributed by atoms with Crippen molar-refractivity contribution in [3.05, 3.63) is 30.7 Å². The predicted molar refractivity (Wildman–Crippen MR) is 105 cm³/mol. The highest BCUT2D eigenvalue weighted by Gasteiger charge is 2.20. The van der Waals surface area contributed by atoms with Gasteiger partial charge >= 0.3 is 0 Å². The SMILES string of the molecule is COC1CCN(CC(=O)Nc2cc3cc(-c4cn(C)nn4)ncc3cn2)CC1. The number of anilines is 1. The van der Waals surface area contributed by atoms with Crippen LogP contribution in [0, 0.1) is 0 Å². The number of ether oxygens (including phenoxy) is 1. The fourth-order valence-corrected chi connectivity index (χ4v) is 3.40. The summed E-state index contributed by atoms with van der Waals surface area (Å²) in [7, 11) is 3.55. The third kappa shape index (κ3) is 4.15. The standard InChI is InChI=1S/C19H23N7O2/c1-25-11-17(23-24-25)16-7-13-8-18(21-10-14(13)9-20-16)22-19(27)12-26-5-3-15(28-2)4-6-26/h7-11,15H,3-6,12H2,1-2H3,(H,21,22,27). The Balaban J connectivity index is 1.44. The first-order valence-electron chi connectivity index (χ1n) is 9.28. The van der Waals surface area contributed by atoms with Crippen molar-refractivity contribution >= 4 is 22.5 Å². The molecule has 3 aromatic rings. The van der Waals surface area contributed by atoms with Crippen LogP contribution >= 0.6 is 0 Å². The number of carbonyl (C=O) groups excluding carboxylic acids is 1. The van der Waals surface area contributed by atoms with Crippen molar-refractivity contribution in [2.75, 3.05) is 32.1 Å². The van der Waals surface area contributed by atoms with E-state index >= 15 is 0 Å². The summed E-state index contributed by atoms with van der Waals surface area (Å²) in [5, 5.41) is 12.8. The molecule has 1 saturated heterocycles. The molecule has 0 aliphatic carbocycles. The van der Waals surface area contributed by atoms with Gasteiger partial charge in [0, 0.05) is 45.0 Å². The number of methoxy groups -OCH3 is 1. The maximum atomic E-state index is 12.4. The molecule has 1 fully saturated rings. The summed E-state index contributed by atoms with van der Waals surface area (Å²) >= 11 is 0. The lowest BCUT2D eigenvalue weighted by Gasteiger charge is -2.30. The molecular weight excluding hydrogens is 358 g/mol. The third-order valence-corrected chi connectivity index (χ3v) is 4.97. The molecule has 28 heavy (non-hydrogen) atoms. The van der Waals surface area contributed by atoms with E-state index in [2.05, 4.69) is 30.5 Å². The number of piperidine rings is 1. The molecule has 1 aliphatic heterocycles. The molecule has 0 radical (unpaired) electrons. The summed E-state index contributed by atoms with van der Waals surface area (Å²) in [6, 6.07) is 3.78. The Hall–Kier alpha value is -2.91. The number of amides is 1. The van der Waals surface area contributed by atoms with Crippen molar-refractivity contribution in [1.82, 2.24) is 29.9 Å². The number of nitrogens with one attached hydrogen (secondary N) is 1. The maximum absolute atomic E-state index is 12.4. The van der Waals surface area contributed by atoms with E-state index < -0.39 is 0 Å². The van der Waals surface area contributed by atoms with E-state index in [1.54, 1.807) is 24.2 Å². The number of likely N-dealkylation sites (tertiary alicyclic amines) is 1. The molecule has 0 saturated carbocycles. The number of carbonyl (C=O) groups is 1. The molecule has 0 aromatic carbocycles. The first kappa shape index (κ1) is 18.5. The quantitative estimate of drug-likeness (QED) is 0.715. The Labute approximate surface area is 162 Å². The van der Waals surface area contributed by atoms with E-state index in [1.165, 1.54) is 0 Å². The van der Waals surface area contributed by atoms with Crippen LogP contribution in [-0.2, 0) is 16.6 Å². The van der Waals surface area contributed by atoms with E-state index in [-0.39, 0.29) is 5.91 Å². The van der Waals surface area contributed by atoms with Crippen LogP contribution in [-0.4, -0.2) is 68.6 Å². The minimum atomic E-state index is -0.0640. The van der Waals surface area contributed by atoms with Crippen molar-refractivity contribution in [3.63, 3.8) is 0 Å². The lowest BCUT2D eigenvalue weighted by molar-refractivity contribution is -0.117. The van der Waals surface area contributed by atoms with Gasteiger partial charge in [-0.1, -0.05) is 5.21 Å². The zero-order valence-corrected chi connectivity index (χ0v) is 16.0. The minimum absolute atomic E-state index is 0.0640. The molecule has 0 spiro atoms. The first-order chi connectivity index (χ1) is 13.6. The molecule has 0 unspecified atom stereocenters. The normalized spacial score (nSPS) is 15.8. The van der Waals surface area contributed by atoms with Gasteiger partial charge < -0.3 is 10.1 Å². The summed E-state index contributed by atoms with van der Waals surface area (Å²) < 4.78 is 7.01. The number of pyridine rings is 2. The molecule has 9 nitrogen and oxygen atoms in total. The van der Waals surface area contributed by atoms with Crippen LogP contribution in [0.4, 0.5) is 5.82 Å². The second-order valence-corrected chi connectivity index (χ2v) is 7.02.